The third-order valence-electron chi connectivity index (χ3n) is 2.51. The third-order valence-corrected chi connectivity index (χ3v) is 3.57. The van der Waals surface area contributed by atoms with Crippen molar-refractivity contribution in [3.8, 4) is 23.4 Å². The van der Waals surface area contributed by atoms with Crippen LogP contribution in [-0.4, -0.2) is 11.3 Å². The largest absolute Gasteiger partial charge is 0.397 e. The number of nitriles is 2. The molecule has 1 aromatic heterocycles. The van der Waals surface area contributed by atoms with Gasteiger partial charge in [0.2, 0.25) is 6.61 Å². The van der Waals surface area contributed by atoms with E-state index < -0.39 is 0 Å². The quantitative estimate of drug-likeness (QED) is 0.858. The first-order valence-electron chi connectivity index (χ1n) is 5.36. The highest BCUT2D eigenvalue weighted by molar-refractivity contribution is 6.42. The van der Waals surface area contributed by atoms with Crippen molar-refractivity contribution in [2.75, 3.05) is 6.61 Å². The van der Waals surface area contributed by atoms with Crippen molar-refractivity contribution in [1.29, 1.82) is 10.5 Å². The van der Waals surface area contributed by atoms with E-state index in [0.717, 1.165) is 0 Å². The van der Waals surface area contributed by atoms with Gasteiger partial charge in [0.25, 0.3) is 0 Å². The molecule has 0 atom stereocenters. The van der Waals surface area contributed by atoms with Gasteiger partial charge in [-0.2, -0.15) is 15.3 Å². The van der Waals surface area contributed by atoms with Crippen LogP contribution in [0.5, 0.6) is 0 Å². The van der Waals surface area contributed by atoms with Gasteiger partial charge in [-0.25, -0.2) is 0 Å². The molecule has 2 rings (SSSR count). The molecule has 0 aliphatic carbocycles. The second kappa shape index (κ2) is 6.07. The maximum atomic E-state index is 9.23. The fourth-order valence-corrected chi connectivity index (χ4v) is 2.24. The van der Waals surface area contributed by atoms with Gasteiger partial charge in [-0.3, -0.25) is 0 Å². The van der Waals surface area contributed by atoms with Crippen molar-refractivity contribution in [3.05, 3.63) is 45.0 Å². The van der Waals surface area contributed by atoms with Gasteiger partial charge in [-0.15, -0.1) is 0 Å². The molecule has 2 aromatic rings. The second-order valence-electron chi connectivity index (χ2n) is 3.67. The van der Waals surface area contributed by atoms with Crippen LogP contribution in [0.15, 0.2) is 24.3 Å². The predicted octanol–water partition coefficient (Wildman–Crippen LogP) is 3.94. The lowest BCUT2D eigenvalue weighted by Gasteiger charge is -2.09. The fourth-order valence-electron chi connectivity index (χ4n) is 1.68. The first-order chi connectivity index (χ1) is 9.60. The molecule has 20 heavy (non-hydrogen) atoms. The molecule has 0 fully saturated rings. The molecule has 0 unspecified atom stereocenters. The number of hydrogen-bond donors (Lipinski definition) is 0. The lowest BCUT2D eigenvalue weighted by molar-refractivity contribution is 0.143. The smallest absolute Gasteiger partial charge is 0.200 e. The monoisotopic (exact) mass is 325 g/mol. The zero-order valence-corrected chi connectivity index (χ0v) is 12.2. The lowest BCUT2D eigenvalue weighted by atomic mass is 10.1. The van der Waals surface area contributed by atoms with Gasteiger partial charge >= 0.3 is 0 Å². The number of halogens is 3. The minimum atomic E-state index is -0.226. The van der Waals surface area contributed by atoms with E-state index in [1.54, 1.807) is 24.3 Å². The lowest BCUT2D eigenvalue weighted by Crippen LogP contribution is -2.13. The molecule has 100 valence electrons. The average Bonchev–Trinajstić information content (AvgIpc) is 2.69. The maximum absolute atomic E-state index is 9.23. The van der Waals surface area contributed by atoms with Gasteiger partial charge in [0.05, 0.1) is 5.02 Å². The number of rotatable bonds is 3. The highest BCUT2D eigenvalue weighted by atomic mass is 35.5. The molecule has 0 saturated carbocycles. The van der Waals surface area contributed by atoms with Crippen molar-refractivity contribution in [2.24, 2.45) is 0 Å². The molecular weight excluding hydrogens is 321 g/mol. The summed E-state index contributed by atoms with van der Waals surface area (Å²) in [5, 5.41) is 18.5. The summed E-state index contributed by atoms with van der Waals surface area (Å²) < 4.78 is 1.18. The van der Waals surface area contributed by atoms with Crippen molar-refractivity contribution >= 4 is 34.8 Å². The zero-order chi connectivity index (χ0) is 14.7. The van der Waals surface area contributed by atoms with Crippen LogP contribution in [0.25, 0.3) is 11.3 Å². The van der Waals surface area contributed by atoms with E-state index in [1.807, 2.05) is 12.1 Å². The summed E-state index contributed by atoms with van der Waals surface area (Å²) in [7, 11) is 0. The SMILES string of the molecule is N#CCOn1c(Cl)c(Cl)c(C#N)c1-c1ccc(Cl)cc1. The Bertz CT molecular complexity index is 723. The Morgan fingerprint density at radius 1 is 1.10 bits per heavy atom. The summed E-state index contributed by atoms with van der Waals surface area (Å²) in [6.45, 7) is -0.226. The predicted molar refractivity (Wildman–Crippen MR) is 76.7 cm³/mol. The molecular formula is C13H6Cl3N3O. The van der Waals surface area contributed by atoms with Gasteiger partial charge < -0.3 is 4.84 Å². The molecule has 1 aromatic carbocycles. The van der Waals surface area contributed by atoms with Crippen molar-refractivity contribution in [3.63, 3.8) is 0 Å². The van der Waals surface area contributed by atoms with Crippen molar-refractivity contribution in [2.45, 2.75) is 0 Å². The Balaban J connectivity index is 2.66. The van der Waals surface area contributed by atoms with Crippen molar-refractivity contribution in [1.82, 2.24) is 4.73 Å². The van der Waals surface area contributed by atoms with Crippen LogP contribution in [0, 0.1) is 22.7 Å². The van der Waals surface area contributed by atoms with Gasteiger partial charge in [0.15, 0.2) is 5.15 Å². The van der Waals surface area contributed by atoms with Crippen LogP contribution in [0.2, 0.25) is 15.2 Å². The van der Waals surface area contributed by atoms with E-state index in [0.29, 0.717) is 16.3 Å². The second-order valence-corrected chi connectivity index (χ2v) is 4.85. The molecule has 0 aliphatic rings. The van der Waals surface area contributed by atoms with Crippen LogP contribution in [-0.2, 0) is 0 Å². The molecule has 0 radical (unpaired) electrons. The van der Waals surface area contributed by atoms with Crippen LogP contribution in [0.3, 0.4) is 0 Å². The molecule has 0 aliphatic heterocycles. The van der Waals surface area contributed by atoms with Gasteiger partial charge in [0.1, 0.15) is 23.4 Å². The molecule has 0 bridgehead atoms. The Labute approximate surface area is 130 Å². The summed E-state index contributed by atoms with van der Waals surface area (Å²) in [6, 6.07) is 10.6. The molecule has 4 nitrogen and oxygen atoms in total. The highest BCUT2D eigenvalue weighted by Gasteiger charge is 2.23. The van der Waals surface area contributed by atoms with Crippen LogP contribution in [0.4, 0.5) is 0 Å². The summed E-state index contributed by atoms with van der Waals surface area (Å²) in [6.07, 6.45) is 0. The first-order valence-corrected chi connectivity index (χ1v) is 6.49. The summed E-state index contributed by atoms with van der Waals surface area (Å²) in [4.78, 5) is 5.22. The van der Waals surface area contributed by atoms with E-state index in [2.05, 4.69) is 0 Å². The molecule has 0 saturated heterocycles. The molecule has 0 amide bonds. The first kappa shape index (κ1) is 14.6. The number of aromatic nitrogens is 1. The van der Waals surface area contributed by atoms with E-state index in [-0.39, 0.29) is 22.3 Å². The average molecular weight is 327 g/mol. The zero-order valence-electron chi connectivity index (χ0n) is 9.90. The summed E-state index contributed by atoms with van der Waals surface area (Å²) >= 11 is 17.9. The molecule has 7 heteroatoms. The normalized spacial score (nSPS) is 9.85. The van der Waals surface area contributed by atoms with E-state index in [4.69, 9.17) is 44.9 Å². The summed E-state index contributed by atoms with van der Waals surface area (Å²) in [5.74, 6) is 0. The third kappa shape index (κ3) is 2.55. The summed E-state index contributed by atoms with van der Waals surface area (Å²) in [5.41, 5.74) is 1.21. The van der Waals surface area contributed by atoms with Gasteiger partial charge in [-0.1, -0.05) is 46.9 Å². The Kier molecular flexibility index (Phi) is 4.42. The number of nitrogens with zero attached hydrogens (tertiary/aromatic N) is 3. The molecule has 0 N–H and O–H groups in total. The van der Waals surface area contributed by atoms with Gasteiger partial charge in [0, 0.05) is 10.6 Å². The Morgan fingerprint density at radius 3 is 2.30 bits per heavy atom. The van der Waals surface area contributed by atoms with E-state index >= 15 is 0 Å². The number of hydrogen-bond acceptors (Lipinski definition) is 3. The van der Waals surface area contributed by atoms with Gasteiger partial charge in [-0.05, 0) is 12.1 Å². The standard InChI is InChI=1S/C13H6Cl3N3O/c14-9-3-1-8(2-4-9)12-10(7-18)11(15)13(16)19(12)20-6-5-17/h1-4H,6H2. The van der Waals surface area contributed by atoms with Crippen LogP contribution in [0.1, 0.15) is 5.56 Å². The minimum Gasteiger partial charge on any atom is -0.397 e. The topological polar surface area (TPSA) is 61.7 Å². The fraction of sp³-hybridized carbons (Fsp3) is 0.0769. The molecule has 0 spiro atoms. The maximum Gasteiger partial charge on any atom is 0.200 e. The highest BCUT2D eigenvalue weighted by Crippen LogP contribution is 2.37. The van der Waals surface area contributed by atoms with Crippen LogP contribution < -0.4 is 4.84 Å². The van der Waals surface area contributed by atoms with Crippen molar-refractivity contribution < 1.29 is 4.84 Å². The van der Waals surface area contributed by atoms with E-state index in [9.17, 15) is 5.26 Å². The Morgan fingerprint density at radius 2 is 1.75 bits per heavy atom. The van der Waals surface area contributed by atoms with E-state index in [1.165, 1.54) is 4.73 Å². The molecule has 1 heterocycles. The van der Waals surface area contributed by atoms with Crippen LogP contribution >= 0.6 is 34.8 Å². The number of benzene rings is 1. The Hall–Kier alpha value is -1.85. The minimum absolute atomic E-state index is 0.0448.